The molecule has 1 aliphatic rings. The van der Waals surface area contributed by atoms with Crippen molar-refractivity contribution >= 4 is 29.4 Å². The molecule has 0 saturated carbocycles. The third-order valence-electron chi connectivity index (χ3n) is 4.54. The van der Waals surface area contributed by atoms with Crippen LogP contribution in [-0.4, -0.2) is 46.0 Å². The first-order chi connectivity index (χ1) is 14.1. The number of halogens is 1. The first kappa shape index (κ1) is 20.8. The van der Waals surface area contributed by atoms with Crippen LogP contribution in [0.15, 0.2) is 41.5 Å². The van der Waals surface area contributed by atoms with Crippen LogP contribution < -0.4 is 24.5 Å². The summed E-state index contributed by atoms with van der Waals surface area (Å²) in [5, 5.41) is 4.54. The third-order valence-corrected chi connectivity index (χ3v) is 4.77. The predicted molar refractivity (Wildman–Crippen MR) is 114 cm³/mol. The molecule has 1 saturated heterocycles. The number of hydrazone groups is 1. The number of amides is 1. The average Bonchev–Trinajstić information content (AvgIpc) is 3.26. The van der Waals surface area contributed by atoms with Crippen molar-refractivity contribution < 1.29 is 19.0 Å². The van der Waals surface area contributed by atoms with Crippen molar-refractivity contribution in [2.24, 2.45) is 5.10 Å². The quantitative estimate of drug-likeness (QED) is 0.525. The molecule has 2 aromatic rings. The zero-order valence-electron chi connectivity index (χ0n) is 16.5. The van der Waals surface area contributed by atoms with Crippen LogP contribution in [0.2, 0.25) is 5.02 Å². The molecule has 0 unspecified atom stereocenters. The highest BCUT2D eigenvalue weighted by atomic mass is 35.5. The van der Waals surface area contributed by atoms with E-state index >= 15 is 0 Å². The third kappa shape index (κ3) is 5.54. The van der Waals surface area contributed by atoms with Crippen molar-refractivity contribution in [2.45, 2.75) is 12.8 Å². The Kier molecular flexibility index (Phi) is 7.19. The van der Waals surface area contributed by atoms with Gasteiger partial charge in [-0.3, -0.25) is 4.79 Å². The molecule has 1 fully saturated rings. The molecule has 7 nitrogen and oxygen atoms in total. The largest absolute Gasteiger partial charge is 0.496 e. The molecular weight excluding hydrogens is 394 g/mol. The van der Waals surface area contributed by atoms with Crippen molar-refractivity contribution in [3.05, 3.63) is 47.0 Å². The van der Waals surface area contributed by atoms with Crippen molar-refractivity contribution in [2.75, 3.05) is 38.8 Å². The summed E-state index contributed by atoms with van der Waals surface area (Å²) in [5.41, 5.74) is 4.14. The lowest BCUT2D eigenvalue weighted by atomic mass is 10.1. The minimum Gasteiger partial charge on any atom is -0.496 e. The highest BCUT2D eigenvalue weighted by molar-refractivity contribution is 6.30. The van der Waals surface area contributed by atoms with Gasteiger partial charge in [0, 0.05) is 29.7 Å². The number of carbonyl (C=O) groups excluding carboxylic acids is 1. The fraction of sp³-hybridized carbons (Fsp3) is 0.333. The molecular formula is C21H24ClN3O4. The molecule has 0 radical (unpaired) electrons. The molecule has 1 aliphatic heterocycles. The normalized spacial score (nSPS) is 13.6. The highest BCUT2D eigenvalue weighted by Gasteiger charge is 2.19. The van der Waals surface area contributed by atoms with Crippen LogP contribution in [-0.2, 0) is 4.79 Å². The maximum Gasteiger partial charge on any atom is 0.277 e. The average molecular weight is 418 g/mol. The summed E-state index contributed by atoms with van der Waals surface area (Å²) in [6.07, 6.45) is 3.85. The van der Waals surface area contributed by atoms with E-state index in [1.807, 2.05) is 12.1 Å². The molecule has 1 N–H and O–H groups in total. The lowest BCUT2D eigenvalue weighted by Gasteiger charge is -2.22. The number of hydrogen-bond donors (Lipinski definition) is 1. The van der Waals surface area contributed by atoms with E-state index in [9.17, 15) is 4.79 Å². The van der Waals surface area contributed by atoms with Gasteiger partial charge in [0.2, 0.25) is 0 Å². The SMILES string of the molecule is COc1cc(N2CCCC2)c(OC)cc1/C=N/NC(=O)COc1cccc(Cl)c1. The van der Waals surface area contributed by atoms with E-state index in [-0.39, 0.29) is 12.5 Å². The Bertz CT molecular complexity index is 882. The smallest absolute Gasteiger partial charge is 0.277 e. The molecule has 0 spiro atoms. The Hall–Kier alpha value is -2.93. The van der Waals surface area contributed by atoms with Crippen molar-refractivity contribution in [3.8, 4) is 17.2 Å². The number of benzene rings is 2. The van der Waals surface area contributed by atoms with E-state index in [0.717, 1.165) is 37.4 Å². The molecule has 0 bridgehead atoms. The van der Waals surface area contributed by atoms with E-state index in [1.54, 1.807) is 38.5 Å². The van der Waals surface area contributed by atoms with E-state index in [0.29, 0.717) is 22.1 Å². The fourth-order valence-electron chi connectivity index (χ4n) is 3.12. The number of carbonyl (C=O) groups is 1. The zero-order chi connectivity index (χ0) is 20.6. The summed E-state index contributed by atoms with van der Waals surface area (Å²) in [7, 11) is 3.24. The second kappa shape index (κ2) is 10.0. The van der Waals surface area contributed by atoms with Crippen molar-refractivity contribution in [1.29, 1.82) is 0 Å². The number of rotatable bonds is 8. The summed E-state index contributed by atoms with van der Waals surface area (Å²) in [5.74, 6) is 1.52. The molecule has 2 aromatic carbocycles. The summed E-state index contributed by atoms with van der Waals surface area (Å²) < 4.78 is 16.4. The molecule has 0 atom stereocenters. The minimum absolute atomic E-state index is 0.175. The predicted octanol–water partition coefficient (Wildman–Crippen LogP) is 3.49. The molecule has 3 rings (SSSR count). The Labute approximate surface area is 175 Å². The summed E-state index contributed by atoms with van der Waals surface area (Å²) in [6.45, 7) is 1.82. The van der Waals surface area contributed by atoms with Gasteiger partial charge in [0.25, 0.3) is 5.91 Å². The van der Waals surface area contributed by atoms with E-state index in [4.69, 9.17) is 25.8 Å². The van der Waals surface area contributed by atoms with Crippen LogP contribution in [0.25, 0.3) is 0 Å². The van der Waals surface area contributed by atoms with Crippen molar-refractivity contribution in [3.63, 3.8) is 0 Å². The first-order valence-electron chi connectivity index (χ1n) is 9.32. The number of nitrogens with zero attached hydrogens (tertiary/aromatic N) is 2. The molecule has 154 valence electrons. The Morgan fingerprint density at radius 3 is 2.62 bits per heavy atom. The van der Waals surface area contributed by atoms with Crippen LogP contribution in [0.3, 0.4) is 0 Å². The highest BCUT2D eigenvalue weighted by Crippen LogP contribution is 2.36. The Balaban J connectivity index is 1.63. The van der Waals surface area contributed by atoms with Gasteiger partial charge < -0.3 is 19.1 Å². The van der Waals surface area contributed by atoms with Gasteiger partial charge in [-0.15, -0.1) is 0 Å². The van der Waals surface area contributed by atoms with Crippen molar-refractivity contribution in [1.82, 2.24) is 5.43 Å². The van der Waals surface area contributed by atoms with Crippen LogP contribution in [0.4, 0.5) is 5.69 Å². The van der Waals surface area contributed by atoms with Gasteiger partial charge in [-0.25, -0.2) is 5.43 Å². The summed E-state index contributed by atoms with van der Waals surface area (Å²) >= 11 is 5.89. The molecule has 29 heavy (non-hydrogen) atoms. The monoisotopic (exact) mass is 417 g/mol. The van der Waals surface area contributed by atoms with Crippen LogP contribution in [0, 0.1) is 0 Å². The van der Waals surface area contributed by atoms with Gasteiger partial charge in [-0.05, 0) is 37.1 Å². The minimum atomic E-state index is -0.388. The number of nitrogens with one attached hydrogen (secondary N) is 1. The van der Waals surface area contributed by atoms with Gasteiger partial charge in [-0.2, -0.15) is 5.10 Å². The lowest BCUT2D eigenvalue weighted by molar-refractivity contribution is -0.123. The number of hydrogen-bond acceptors (Lipinski definition) is 6. The van der Waals surface area contributed by atoms with Gasteiger partial charge in [-0.1, -0.05) is 17.7 Å². The van der Waals surface area contributed by atoms with Gasteiger partial charge >= 0.3 is 0 Å². The fourth-order valence-corrected chi connectivity index (χ4v) is 3.30. The topological polar surface area (TPSA) is 72.4 Å². The van der Waals surface area contributed by atoms with E-state index in [1.165, 1.54) is 6.21 Å². The molecule has 1 heterocycles. The first-order valence-corrected chi connectivity index (χ1v) is 9.69. The van der Waals surface area contributed by atoms with Crippen LogP contribution in [0.5, 0.6) is 17.2 Å². The van der Waals surface area contributed by atoms with Gasteiger partial charge in [0.05, 0.1) is 26.1 Å². The van der Waals surface area contributed by atoms with E-state index in [2.05, 4.69) is 15.4 Å². The second-order valence-corrected chi connectivity index (χ2v) is 6.94. The number of ether oxygens (including phenoxy) is 3. The van der Waals surface area contributed by atoms with Gasteiger partial charge in [0.1, 0.15) is 17.2 Å². The standard InChI is InChI=1S/C21H24ClN3O4/c1-27-19-12-18(25-8-3-4-9-25)20(28-2)10-15(19)13-23-24-21(26)14-29-17-7-5-6-16(22)11-17/h5-7,10-13H,3-4,8-9,14H2,1-2H3,(H,24,26)/b23-13+. The maximum atomic E-state index is 12.0. The van der Waals surface area contributed by atoms with Crippen LogP contribution in [0.1, 0.15) is 18.4 Å². The van der Waals surface area contributed by atoms with E-state index < -0.39 is 0 Å². The lowest BCUT2D eigenvalue weighted by Crippen LogP contribution is -2.24. The van der Waals surface area contributed by atoms with Gasteiger partial charge in [0.15, 0.2) is 6.61 Å². The zero-order valence-corrected chi connectivity index (χ0v) is 17.2. The number of anilines is 1. The summed E-state index contributed by atoms with van der Waals surface area (Å²) in [4.78, 5) is 14.2. The number of methoxy groups -OCH3 is 2. The Morgan fingerprint density at radius 1 is 1.17 bits per heavy atom. The Morgan fingerprint density at radius 2 is 1.93 bits per heavy atom. The molecule has 0 aromatic heterocycles. The molecule has 8 heteroatoms. The van der Waals surface area contributed by atoms with Crippen LogP contribution >= 0.6 is 11.6 Å². The molecule has 0 aliphatic carbocycles. The summed E-state index contributed by atoms with van der Waals surface area (Å²) in [6, 6.07) is 10.6. The molecule has 1 amide bonds. The second-order valence-electron chi connectivity index (χ2n) is 6.50. The maximum absolute atomic E-state index is 12.0.